The lowest BCUT2D eigenvalue weighted by Gasteiger charge is -2.31. The summed E-state index contributed by atoms with van der Waals surface area (Å²) in [5.41, 5.74) is 0. The molecule has 1 fully saturated rings. The van der Waals surface area contributed by atoms with E-state index in [-0.39, 0.29) is 0 Å². The van der Waals surface area contributed by atoms with Crippen molar-refractivity contribution in [3.05, 3.63) is 0 Å². The molecule has 0 heterocycles. The maximum Gasteiger partial charge on any atom is 0.00262 e. The van der Waals surface area contributed by atoms with Crippen molar-refractivity contribution in [2.45, 2.75) is 19.8 Å². The summed E-state index contributed by atoms with van der Waals surface area (Å²) in [6.07, 6.45) is 2.97. The molecule has 0 spiro atoms. The third-order valence-corrected chi connectivity index (χ3v) is 3.13. The van der Waals surface area contributed by atoms with Crippen molar-refractivity contribution in [2.75, 3.05) is 4.43 Å². The summed E-state index contributed by atoms with van der Waals surface area (Å²) in [5, 5.41) is 0. The maximum absolute atomic E-state index is 2.48. The molecule has 0 amide bonds. The summed E-state index contributed by atoms with van der Waals surface area (Å²) in [6, 6.07) is 0. The zero-order valence-electron chi connectivity index (χ0n) is 4.65. The lowest BCUT2D eigenvalue weighted by Crippen LogP contribution is -2.23. The molecule has 0 aromatic carbocycles. The predicted molar refractivity (Wildman–Crippen MR) is 40.8 cm³/mol. The summed E-state index contributed by atoms with van der Waals surface area (Å²) in [4.78, 5) is 0. The van der Waals surface area contributed by atoms with E-state index in [9.17, 15) is 0 Å². The molecule has 1 heteroatoms. The third kappa shape index (κ3) is 1.09. The second-order valence-corrected chi connectivity index (χ2v) is 3.35. The number of alkyl halides is 1. The molecule has 0 radical (unpaired) electrons. The SMILES string of the molecule is CC1CC[C@H]1CI. The zero-order chi connectivity index (χ0) is 5.28. The highest BCUT2D eigenvalue weighted by atomic mass is 127. The normalized spacial score (nSPS) is 40.3. The van der Waals surface area contributed by atoms with Gasteiger partial charge in [0.1, 0.15) is 0 Å². The second kappa shape index (κ2) is 2.33. The van der Waals surface area contributed by atoms with Gasteiger partial charge in [0.25, 0.3) is 0 Å². The van der Waals surface area contributed by atoms with Gasteiger partial charge < -0.3 is 0 Å². The van der Waals surface area contributed by atoms with E-state index < -0.39 is 0 Å². The van der Waals surface area contributed by atoms with Crippen molar-refractivity contribution in [3.8, 4) is 0 Å². The van der Waals surface area contributed by atoms with Crippen LogP contribution in [0.25, 0.3) is 0 Å². The molecule has 7 heavy (non-hydrogen) atoms. The van der Waals surface area contributed by atoms with Crippen LogP contribution in [0.3, 0.4) is 0 Å². The van der Waals surface area contributed by atoms with Crippen LogP contribution in [-0.2, 0) is 0 Å². The van der Waals surface area contributed by atoms with Crippen molar-refractivity contribution in [1.29, 1.82) is 0 Å². The van der Waals surface area contributed by atoms with Crippen LogP contribution < -0.4 is 0 Å². The largest absolute Gasteiger partial charge is 0.0861 e. The molecular weight excluding hydrogens is 199 g/mol. The topological polar surface area (TPSA) is 0 Å². The number of hydrogen-bond donors (Lipinski definition) is 0. The maximum atomic E-state index is 2.48. The molecule has 0 nitrogen and oxygen atoms in total. The molecule has 0 aromatic heterocycles. The Balaban J connectivity index is 2.16. The van der Waals surface area contributed by atoms with Crippen LogP contribution in [0.4, 0.5) is 0 Å². The van der Waals surface area contributed by atoms with E-state index in [0.29, 0.717) is 0 Å². The molecule has 0 bridgehead atoms. The van der Waals surface area contributed by atoms with E-state index >= 15 is 0 Å². The first-order valence-corrected chi connectivity index (χ1v) is 4.43. The van der Waals surface area contributed by atoms with Crippen LogP contribution in [0.5, 0.6) is 0 Å². The fraction of sp³-hybridized carbons (Fsp3) is 1.00. The van der Waals surface area contributed by atoms with Gasteiger partial charge in [0, 0.05) is 4.43 Å². The Morgan fingerprint density at radius 2 is 2.29 bits per heavy atom. The molecule has 0 saturated heterocycles. The monoisotopic (exact) mass is 210 g/mol. The standard InChI is InChI=1S/C6H11I/c1-5-2-3-6(5)4-7/h5-6H,2-4H2,1H3/t5?,6-/m0/s1. The fourth-order valence-electron chi connectivity index (χ4n) is 0.965. The first-order valence-electron chi connectivity index (χ1n) is 2.90. The molecule has 1 aliphatic carbocycles. The van der Waals surface area contributed by atoms with Crippen LogP contribution in [0.1, 0.15) is 19.8 Å². The van der Waals surface area contributed by atoms with Crippen molar-refractivity contribution < 1.29 is 0 Å². The van der Waals surface area contributed by atoms with E-state index in [1.165, 1.54) is 17.3 Å². The highest BCUT2D eigenvalue weighted by Gasteiger charge is 2.24. The van der Waals surface area contributed by atoms with E-state index in [4.69, 9.17) is 0 Å². The molecule has 1 unspecified atom stereocenters. The second-order valence-electron chi connectivity index (χ2n) is 2.47. The zero-order valence-corrected chi connectivity index (χ0v) is 6.81. The lowest BCUT2D eigenvalue weighted by molar-refractivity contribution is 0.228. The van der Waals surface area contributed by atoms with Gasteiger partial charge in [-0.2, -0.15) is 0 Å². The summed E-state index contributed by atoms with van der Waals surface area (Å²) in [7, 11) is 0. The molecular formula is C6H11I. The van der Waals surface area contributed by atoms with Crippen molar-refractivity contribution in [1.82, 2.24) is 0 Å². The molecule has 1 aliphatic rings. The highest BCUT2D eigenvalue weighted by molar-refractivity contribution is 14.1. The molecule has 1 rings (SSSR count). The van der Waals surface area contributed by atoms with E-state index in [1.807, 2.05) is 0 Å². The van der Waals surface area contributed by atoms with E-state index in [1.54, 1.807) is 0 Å². The van der Waals surface area contributed by atoms with Crippen molar-refractivity contribution in [2.24, 2.45) is 11.8 Å². The summed E-state index contributed by atoms with van der Waals surface area (Å²) in [5.74, 6) is 2.11. The lowest BCUT2D eigenvalue weighted by atomic mass is 9.76. The first-order chi connectivity index (χ1) is 3.34. The Hall–Kier alpha value is 0.730. The molecule has 2 atom stereocenters. The van der Waals surface area contributed by atoms with Crippen molar-refractivity contribution in [3.63, 3.8) is 0 Å². The van der Waals surface area contributed by atoms with Gasteiger partial charge in [-0.3, -0.25) is 0 Å². The minimum Gasteiger partial charge on any atom is -0.0861 e. The molecule has 1 saturated carbocycles. The average molecular weight is 210 g/mol. The average Bonchev–Trinajstić information content (AvgIpc) is 1.65. The minimum absolute atomic E-state index is 1.04. The molecule has 0 N–H and O–H groups in total. The summed E-state index contributed by atoms with van der Waals surface area (Å²) >= 11 is 2.48. The number of rotatable bonds is 1. The van der Waals surface area contributed by atoms with Gasteiger partial charge in [0.05, 0.1) is 0 Å². The van der Waals surface area contributed by atoms with Gasteiger partial charge in [-0.15, -0.1) is 0 Å². The van der Waals surface area contributed by atoms with Gasteiger partial charge in [0.2, 0.25) is 0 Å². The quantitative estimate of drug-likeness (QED) is 0.460. The van der Waals surface area contributed by atoms with Crippen molar-refractivity contribution >= 4 is 22.6 Å². The number of halogens is 1. The Bertz CT molecular complexity index is 59.2. The molecule has 0 aliphatic heterocycles. The number of hydrogen-bond acceptors (Lipinski definition) is 0. The predicted octanol–water partition coefficient (Wildman–Crippen LogP) is 2.47. The van der Waals surface area contributed by atoms with E-state index in [2.05, 4.69) is 29.5 Å². The van der Waals surface area contributed by atoms with Crippen LogP contribution in [-0.4, -0.2) is 4.43 Å². The van der Waals surface area contributed by atoms with Crippen LogP contribution >= 0.6 is 22.6 Å². The van der Waals surface area contributed by atoms with Crippen LogP contribution in [0, 0.1) is 11.8 Å². The fourth-order valence-corrected chi connectivity index (χ4v) is 2.27. The van der Waals surface area contributed by atoms with Gasteiger partial charge in [-0.05, 0) is 18.3 Å². The smallest absolute Gasteiger partial charge is 0.00262 e. The highest BCUT2D eigenvalue weighted by Crippen LogP contribution is 2.34. The molecule has 42 valence electrons. The molecule has 0 aromatic rings. The Morgan fingerprint density at radius 1 is 1.57 bits per heavy atom. The van der Waals surface area contributed by atoms with E-state index in [0.717, 1.165) is 11.8 Å². The Morgan fingerprint density at radius 3 is 2.29 bits per heavy atom. The minimum atomic E-state index is 1.04. The Labute approximate surface area is 58.8 Å². The summed E-state index contributed by atoms with van der Waals surface area (Å²) in [6.45, 7) is 2.35. The summed E-state index contributed by atoms with van der Waals surface area (Å²) < 4.78 is 1.37. The van der Waals surface area contributed by atoms with Gasteiger partial charge in [0.15, 0.2) is 0 Å². The third-order valence-electron chi connectivity index (χ3n) is 2.00. The van der Waals surface area contributed by atoms with Crippen LogP contribution in [0.2, 0.25) is 0 Å². The van der Waals surface area contributed by atoms with Gasteiger partial charge in [-0.25, -0.2) is 0 Å². The van der Waals surface area contributed by atoms with Crippen LogP contribution in [0.15, 0.2) is 0 Å². The Kier molecular flexibility index (Phi) is 1.95. The van der Waals surface area contributed by atoms with Gasteiger partial charge >= 0.3 is 0 Å². The first kappa shape index (κ1) is 5.86. The van der Waals surface area contributed by atoms with Gasteiger partial charge in [-0.1, -0.05) is 35.9 Å².